The van der Waals surface area contributed by atoms with E-state index in [-0.39, 0.29) is 28.8 Å². The molecule has 0 spiro atoms. The number of aromatic nitrogens is 2. The molecule has 0 aliphatic heterocycles. The molecule has 18 heavy (non-hydrogen) atoms. The van der Waals surface area contributed by atoms with Crippen LogP contribution in [0.4, 0.5) is 5.69 Å². The first-order valence-corrected chi connectivity index (χ1v) is 5.00. The SMILES string of the molecule is COc1c(Oc2cccc(O)c2N)nc[nH]c1=O. The van der Waals surface area contributed by atoms with Gasteiger partial charge in [0.1, 0.15) is 11.4 Å². The fourth-order valence-corrected chi connectivity index (χ4v) is 1.35. The van der Waals surface area contributed by atoms with E-state index in [1.165, 1.54) is 25.6 Å². The van der Waals surface area contributed by atoms with Crippen LogP contribution in [0, 0.1) is 0 Å². The van der Waals surface area contributed by atoms with Crippen molar-refractivity contribution >= 4 is 5.69 Å². The third kappa shape index (κ3) is 2.05. The molecule has 0 aliphatic carbocycles. The van der Waals surface area contributed by atoms with Crippen molar-refractivity contribution in [1.82, 2.24) is 9.97 Å². The van der Waals surface area contributed by atoms with Crippen molar-refractivity contribution in [2.45, 2.75) is 0 Å². The average Bonchev–Trinajstić information content (AvgIpc) is 2.35. The van der Waals surface area contributed by atoms with E-state index in [1.54, 1.807) is 6.07 Å². The van der Waals surface area contributed by atoms with Crippen LogP contribution in [0.3, 0.4) is 0 Å². The maximum absolute atomic E-state index is 11.4. The molecule has 0 unspecified atom stereocenters. The molecule has 0 aliphatic rings. The van der Waals surface area contributed by atoms with E-state index < -0.39 is 5.56 Å². The van der Waals surface area contributed by atoms with Gasteiger partial charge in [0.2, 0.25) is 5.75 Å². The molecular formula is C11H11N3O4. The van der Waals surface area contributed by atoms with Gasteiger partial charge in [-0.2, -0.15) is 0 Å². The van der Waals surface area contributed by atoms with Gasteiger partial charge >= 0.3 is 0 Å². The van der Waals surface area contributed by atoms with Crippen molar-refractivity contribution in [2.24, 2.45) is 0 Å². The second-order valence-electron chi connectivity index (χ2n) is 3.36. The Morgan fingerprint density at radius 3 is 2.94 bits per heavy atom. The van der Waals surface area contributed by atoms with Crippen molar-refractivity contribution in [3.05, 3.63) is 34.9 Å². The topological polar surface area (TPSA) is 110 Å². The monoisotopic (exact) mass is 249 g/mol. The highest BCUT2D eigenvalue weighted by atomic mass is 16.5. The molecule has 1 aromatic carbocycles. The van der Waals surface area contributed by atoms with Crippen molar-refractivity contribution in [1.29, 1.82) is 0 Å². The number of nitrogen functional groups attached to an aromatic ring is 1. The number of hydrogen-bond acceptors (Lipinski definition) is 6. The van der Waals surface area contributed by atoms with Crippen molar-refractivity contribution < 1.29 is 14.6 Å². The lowest BCUT2D eigenvalue weighted by molar-refractivity contribution is 0.362. The highest BCUT2D eigenvalue weighted by Gasteiger charge is 2.13. The highest BCUT2D eigenvalue weighted by molar-refractivity contribution is 5.62. The summed E-state index contributed by atoms with van der Waals surface area (Å²) in [6.07, 6.45) is 1.18. The average molecular weight is 249 g/mol. The number of methoxy groups -OCH3 is 1. The third-order valence-electron chi connectivity index (χ3n) is 2.23. The van der Waals surface area contributed by atoms with Crippen LogP contribution in [0.25, 0.3) is 0 Å². The standard InChI is InChI=1S/C11H11N3O4/c1-17-9-10(16)13-5-14-11(9)18-7-4-2-3-6(15)8(7)12/h2-5,15H,12H2,1H3,(H,13,14,16). The van der Waals surface area contributed by atoms with E-state index in [2.05, 4.69) is 9.97 Å². The van der Waals surface area contributed by atoms with Gasteiger partial charge in [0.15, 0.2) is 5.75 Å². The van der Waals surface area contributed by atoms with Crippen LogP contribution in [0.1, 0.15) is 0 Å². The van der Waals surface area contributed by atoms with Crippen LogP contribution in [-0.4, -0.2) is 22.2 Å². The molecule has 1 aromatic heterocycles. The van der Waals surface area contributed by atoms with Crippen molar-refractivity contribution in [3.63, 3.8) is 0 Å². The summed E-state index contributed by atoms with van der Waals surface area (Å²) in [6.45, 7) is 0. The van der Waals surface area contributed by atoms with Crippen molar-refractivity contribution in [3.8, 4) is 23.1 Å². The Balaban J connectivity index is 2.43. The predicted octanol–water partition coefficient (Wildman–Crippen LogP) is 0.859. The van der Waals surface area contributed by atoms with E-state index >= 15 is 0 Å². The number of nitrogens with zero attached hydrogens (tertiary/aromatic N) is 1. The molecule has 0 bridgehead atoms. The van der Waals surface area contributed by atoms with Gasteiger partial charge in [-0.1, -0.05) is 6.07 Å². The van der Waals surface area contributed by atoms with Crippen molar-refractivity contribution in [2.75, 3.05) is 12.8 Å². The molecule has 7 nitrogen and oxygen atoms in total. The Labute approximate surface area is 102 Å². The number of para-hydroxylation sites is 1. The number of phenolic OH excluding ortho intramolecular Hbond substituents is 1. The molecule has 0 radical (unpaired) electrons. The van der Waals surface area contributed by atoms with E-state index in [0.29, 0.717) is 0 Å². The number of aromatic amines is 1. The van der Waals surface area contributed by atoms with Gasteiger partial charge in [-0.05, 0) is 12.1 Å². The summed E-state index contributed by atoms with van der Waals surface area (Å²) >= 11 is 0. The zero-order valence-corrected chi connectivity index (χ0v) is 9.51. The molecule has 0 saturated heterocycles. The van der Waals surface area contributed by atoms with Crippen LogP contribution in [0.2, 0.25) is 0 Å². The Hall–Kier alpha value is -2.70. The Morgan fingerprint density at radius 2 is 2.22 bits per heavy atom. The lowest BCUT2D eigenvalue weighted by Gasteiger charge is -2.10. The number of benzene rings is 1. The van der Waals surface area contributed by atoms with Gasteiger partial charge in [-0.15, -0.1) is 0 Å². The van der Waals surface area contributed by atoms with E-state index in [1.807, 2.05) is 0 Å². The number of phenols is 1. The molecule has 94 valence electrons. The first kappa shape index (κ1) is 11.8. The lowest BCUT2D eigenvalue weighted by atomic mass is 10.3. The van der Waals surface area contributed by atoms with Crippen LogP contribution in [0.15, 0.2) is 29.3 Å². The normalized spacial score (nSPS) is 10.1. The predicted molar refractivity (Wildman–Crippen MR) is 64.0 cm³/mol. The summed E-state index contributed by atoms with van der Waals surface area (Å²) in [5.74, 6) is -0.0264. The Bertz CT molecular complexity index is 624. The van der Waals surface area contributed by atoms with Gasteiger partial charge in [-0.25, -0.2) is 4.98 Å². The smallest absolute Gasteiger partial charge is 0.297 e. The molecule has 0 amide bonds. The summed E-state index contributed by atoms with van der Waals surface area (Å²) < 4.78 is 10.2. The number of rotatable bonds is 3. The van der Waals surface area contributed by atoms with Gasteiger partial charge < -0.3 is 25.3 Å². The Morgan fingerprint density at radius 1 is 1.44 bits per heavy atom. The van der Waals surface area contributed by atoms with Gasteiger partial charge in [0.25, 0.3) is 11.4 Å². The molecule has 0 atom stereocenters. The number of nitrogens with one attached hydrogen (secondary N) is 1. The first-order valence-electron chi connectivity index (χ1n) is 5.00. The molecule has 2 rings (SSSR count). The van der Waals surface area contributed by atoms with E-state index in [9.17, 15) is 9.90 Å². The molecule has 2 aromatic rings. The third-order valence-corrected chi connectivity index (χ3v) is 2.23. The number of nitrogens with two attached hydrogens (primary N) is 1. The van der Waals surface area contributed by atoms with E-state index in [0.717, 1.165) is 0 Å². The summed E-state index contributed by atoms with van der Waals surface area (Å²) in [5, 5.41) is 9.43. The fourth-order valence-electron chi connectivity index (χ4n) is 1.35. The number of ether oxygens (including phenoxy) is 2. The fraction of sp³-hybridized carbons (Fsp3) is 0.0909. The highest BCUT2D eigenvalue weighted by Crippen LogP contribution is 2.34. The molecule has 1 heterocycles. The maximum atomic E-state index is 11.4. The van der Waals surface area contributed by atoms with Gasteiger partial charge in [0.05, 0.1) is 13.4 Å². The minimum Gasteiger partial charge on any atom is -0.506 e. The minimum atomic E-state index is -0.471. The number of anilines is 1. The maximum Gasteiger partial charge on any atom is 0.297 e. The van der Waals surface area contributed by atoms with E-state index in [4.69, 9.17) is 15.2 Å². The van der Waals surface area contributed by atoms with Gasteiger partial charge in [0, 0.05) is 0 Å². The first-order chi connectivity index (χ1) is 8.63. The lowest BCUT2D eigenvalue weighted by Crippen LogP contribution is -2.11. The van der Waals surface area contributed by atoms with Gasteiger partial charge in [-0.3, -0.25) is 4.79 Å². The largest absolute Gasteiger partial charge is 0.506 e. The summed E-state index contributed by atoms with van der Waals surface area (Å²) in [5.41, 5.74) is 5.22. The van der Waals surface area contributed by atoms with Crippen LogP contribution in [-0.2, 0) is 0 Å². The summed E-state index contributed by atoms with van der Waals surface area (Å²) in [7, 11) is 1.32. The number of hydrogen-bond donors (Lipinski definition) is 3. The minimum absolute atomic E-state index is 0.0291. The number of aromatic hydroxyl groups is 1. The molecule has 0 saturated carbocycles. The Kier molecular flexibility index (Phi) is 3.05. The van der Waals surface area contributed by atoms with Crippen LogP contribution >= 0.6 is 0 Å². The van der Waals surface area contributed by atoms with Crippen LogP contribution in [0.5, 0.6) is 23.1 Å². The molecular weight excluding hydrogens is 238 g/mol. The van der Waals surface area contributed by atoms with Crippen LogP contribution < -0.4 is 20.8 Å². The second kappa shape index (κ2) is 4.66. The zero-order chi connectivity index (χ0) is 13.1. The molecule has 7 heteroatoms. The summed E-state index contributed by atoms with van der Waals surface area (Å²) in [4.78, 5) is 17.6. The quantitative estimate of drug-likeness (QED) is 0.549. The zero-order valence-electron chi connectivity index (χ0n) is 9.51. The summed E-state index contributed by atoms with van der Waals surface area (Å²) in [6, 6.07) is 4.52. The molecule has 4 N–H and O–H groups in total. The second-order valence-corrected chi connectivity index (χ2v) is 3.36. The molecule has 0 fully saturated rings. The number of H-pyrrole nitrogens is 1.